The highest BCUT2D eigenvalue weighted by atomic mass is 32.2. The first-order chi connectivity index (χ1) is 22.8. The zero-order valence-corrected chi connectivity index (χ0v) is 28.6. The smallest absolute Gasteiger partial charge is 0.410 e. The fraction of sp³-hybridized carbons (Fsp3) is 0.432. The van der Waals surface area contributed by atoms with Crippen molar-refractivity contribution >= 4 is 28.0 Å². The fourth-order valence-electron chi connectivity index (χ4n) is 6.42. The first-order valence-electron chi connectivity index (χ1n) is 16.6. The summed E-state index contributed by atoms with van der Waals surface area (Å²) in [6.07, 6.45) is 2.38. The predicted octanol–water partition coefficient (Wildman–Crippen LogP) is 6.03. The molecule has 2 aliphatic rings. The molecular weight excluding hydrogens is 630 g/mol. The summed E-state index contributed by atoms with van der Waals surface area (Å²) < 4.78 is 35.0. The number of hydrogen-bond acceptors (Lipinski definition) is 6. The molecule has 0 spiro atoms. The van der Waals surface area contributed by atoms with Crippen LogP contribution >= 0.6 is 0 Å². The van der Waals surface area contributed by atoms with Gasteiger partial charge in [0.25, 0.3) is 0 Å². The van der Waals surface area contributed by atoms with Gasteiger partial charge in [-0.1, -0.05) is 66.7 Å². The number of nitrogens with one attached hydrogen (secondary N) is 1. The van der Waals surface area contributed by atoms with Crippen LogP contribution in [0, 0.1) is 5.92 Å². The Kier molecular flexibility index (Phi) is 10.9. The lowest BCUT2D eigenvalue weighted by Gasteiger charge is -2.43. The van der Waals surface area contributed by atoms with Crippen molar-refractivity contribution in [2.75, 3.05) is 19.6 Å². The van der Waals surface area contributed by atoms with Gasteiger partial charge in [0.15, 0.2) is 0 Å². The SMILES string of the molecule is CC(C)(C)OC(=O)N1CCN(C(=O)C2CCC(NS(=O)(=O)c3ccc(-c4ccc(CCC(=O)O)cc4)cc3)CC2)C(c2ccccc2)C1. The van der Waals surface area contributed by atoms with Gasteiger partial charge in [-0.2, -0.15) is 0 Å². The predicted molar refractivity (Wildman–Crippen MR) is 183 cm³/mol. The summed E-state index contributed by atoms with van der Waals surface area (Å²) in [4.78, 5) is 41.4. The molecular formula is C37H45N3O7S. The van der Waals surface area contributed by atoms with Crippen molar-refractivity contribution in [3.8, 4) is 11.1 Å². The highest BCUT2D eigenvalue weighted by molar-refractivity contribution is 7.89. The standard InChI is InChI=1S/C37H45N3O7S/c1-37(2,3)47-36(44)39-23-24-40(33(25-39)29-7-5-4-6-8-29)35(43)30-14-18-31(19-15-30)38-48(45,46)32-20-16-28(17-21-32)27-12-9-26(10-13-27)11-22-34(41)42/h4-10,12-13,16-17,20-21,30-31,33,38H,11,14-15,18-19,22-25H2,1-3H3,(H,41,42). The van der Waals surface area contributed by atoms with Crippen molar-refractivity contribution in [3.63, 3.8) is 0 Å². The van der Waals surface area contributed by atoms with Gasteiger partial charge in [0.05, 0.1) is 10.9 Å². The van der Waals surface area contributed by atoms with Gasteiger partial charge in [-0.05, 0) is 87.3 Å². The van der Waals surface area contributed by atoms with E-state index in [1.807, 2.05) is 80.3 Å². The molecule has 3 aromatic carbocycles. The molecule has 1 atom stereocenters. The average molecular weight is 676 g/mol. The van der Waals surface area contributed by atoms with Crippen LogP contribution in [0.1, 0.15) is 70.0 Å². The number of rotatable bonds is 9. The van der Waals surface area contributed by atoms with Gasteiger partial charge in [0.2, 0.25) is 15.9 Å². The molecule has 2 N–H and O–H groups in total. The van der Waals surface area contributed by atoms with E-state index in [1.165, 1.54) is 0 Å². The van der Waals surface area contributed by atoms with Crippen LogP contribution in [0.5, 0.6) is 0 Å². The number of aliphatic carboxylic acids is 1. The van der Waals surface area contributed by atoms with E-state index in [9.17, 15) is 22.8 Å². The van der Waals surface area contributed by atoms with E-state index >= 15 is 0 Å². The van der Waals surface area contributed by atoms with Crippen molar-refractivity contribution in [1.82, 2.24) is 14.5 Å². The Morgan fingerprint density at radius 3 is 2.04 bits per heavy atom. The Hall–Kier alpha value is -4.22. The molecule has 0 radical (unpaired) electrons. The van der Waals surface area contributed by atoms with Gasteiger partial charge < -0.3 is 19.6 Å². The maximum Gasteiger partial charge on any atom is 0.410 e. The Bertz CT molecular complexity index is 1680. The number of carboxylic acid groups (broad SMARTS) is 1. The second-order valence-corrected chi connectivity index (χ2v) is 15.4. The Labute approximate surface area is 283 Å². The highest BCUT2D eigenvalue weighted by Crippen LogP contribution is 2.33. The average Bonchev–Trinajstić information content (AvgIpc) is 3.07. The fourth-order valence-corrected chi connectivity index (χ4v) is 7.73. The molecule has 1 heterocycles. The highest BCUT2D eigenvalue weighted by Gasteiger charge is 2.39. The number of carbonyl (C=O) groups excluding carboxylic acids is 2. The number of carbonyl (C=O) groups is 3. The van der Waals surface area contributed by atoms with Gasteiger partial charge in [0, 0.05) is 38.0 Å². The van der Waals surface area contributed by atoms with Crippen LogP contribution in [0.3, 0.4) is 0 Å². The number of hydrogen-bond donors (Lipinski definition) is 2. The van der Waals surface area contributed by atoms with Crippen LogP contribution < -0.4 is 4.72 Å². The van der Waals surface area contributed by atoms with Gasteiger partial charge in [0.1, 0.15) is 5.60 Å². The monoisotopic (exact) mass is 675 g/mol. The molecule has 2 amide bonds. The summed E-state index contributed by atoms with van der Waals surface area (Å²) in [6.45, 7) is 6.63. The number of ether oxygens (including phenoxy) is 1. The zero-order chi connectivity index (χ0) is 34.5. The molecule has 48 heavy (non-hydrogen) atoms. The van der Waals surface area contributed by atoms with E-state index in [-0.39, 0.29) is 41.3 Å². The molecule has 1 aliphatic heterocycles. The van der Waals surface area contributed by atoms with Crippen LogP contribution in [-0.4, -0.2) is 72.6 Å². The number of sulfonamides is 1. The lowest BCUT2D eigenvalue weighted by atomic mass is 9.85. The number of piperazine rings is 1. The first-order valence-corrected chi connectivity index (χ1v) is 18.0. The van der Waals surface area contributed by atoms with E-state index in [0.29, 0.717) is 51.7 Å². The minimum Gasteiger partial charge on any atom is -0.481 e. The van der Waals surface area contributed by atoms with E-state index in [2.05, 4.69) is 4.72 Å². The van der Waals surface area contributed by atoms with Gasteiger partial charge in [-0.25, -0.2) is 17.9 Å². The zero-order valence-electron chi connectivity index (χ0n) is 27.8. The van der Waals surface area contributed by atoms with Gasteiger partial charge in [-0.3, -0.25) is 9.59 Å². The summed E-state index contributed by atoms with van der Waals surface area (Å²) in [6, 6.07) is 23.5. The molecule has 5 rings (SSSR count). The number of carboxylic acids is 1. The molecule has 1 unspecified atom stereocenters. The molecule has 2 fully saturated rings. The van der Waals surface area contributed by atoms with Crippen LogP contribution in [0.4, 0.5) is 4.79 Å². The van der Waals surface area contributed by atoms with E-state index in [1.54, 1.807) is 29.2 Å². The van der Waals surface area contributed by atoms with Crippen LogP contribution in [0.25, 0.3) is 11.1 Å². The van der Waals surface area contributed by atoms with E-state index in [4.69, 9.17) is 9.84 Å². The second-order valence-electron chi connectivity index (χ2n) is 13.7. The van der Waals surface area contributed by atoms with Crippen molar-refractivity contribution in [2.24, 2.45) is 5.92 Å². The van der Waals surface area contributed by atoms with Gasteiger partial charge in [-0.15, -0.1) is 0 Å². The number of amides is 2. The number of nitrogens with zero attached hydrogens (tertiary/aromatic N) is 2. The Balaban J connectivity index is 1.17. The molecule has 0 aromatic heterocycles. The van der Waals surface area contributed by atoms with Gasteiger partial charge >= 0.3 is 12.1 Å². The first kappa shape index (κ1) is 35.1. The third kappa shape index (κ3) is 9.02. The molecule has 1 aliphatic carbocycles. The molecule has 3 aromatic rings. The quantitative estimate of drug-likeness (QED) is 0.283. The van der Waals surface area contributed by atoms with Crippen molar-refractivity contribution < 1.29 is 32.6 Å². The lowest BCUT2D eigenvalue weighted by molar-refractivity contribution is -0.142. The molecule has 11 heteroatoms. The summed E-state index contributed by atoms with van der Waals surface area (Å²) in [5, 5.41) is 8.89. The molecule has 10 nitrogen and oxygen atoms in total. The summed E-state index contributed by atoms with van der Waals surface area (Å²) in [7, 11) is -3.76. The topological polar surface area (TPSA) is 133 Å². The minimum atomic E-state index is -3.76. The number of aryl methyl sites for hydroxylation is 1. The third-order valence-corrected chi connectivity index (χ3v) is 10.5. The third-order valence-electron chi connectivity index (χ3n) is 8.98. The summed E-state index contributed by atoms with van der Waals surface area (Å²) in [5.74, 6) is -1.02. The largest absolute Gasteiger partial charge is 0.481 e. The van der Waals surface area contributed by atoms with Crippen LogP contribution in [0.2, 0.25) is 0 Å². The van der Waals surface area contributed by atoms with Crippen molar-refractivity contribution in [2.45, 2.75) is 81.9 Å². The summed E-state index contributed by atoms with van der Waals surface area (Å²) >= 11 is 0. The molecule has 0 bridgehead atoms. The Morgan fingerprint density at radius 1 is 0.854 bits per heavy atom. The Morgan fingerprint density at radius 2 is 1.46 bits per heavy atom. The maximum absolute atomic E-state index is 13.9. The minimum absolute atomic E-state index is 0.0412. The van der Waals surface area contributed by atoms with Crippen molar-refractivity contribution in [3.05, 3.63) is 90.0 Å². The molecule has 1 saturated carbocycles. The lowest BCUT2D eigenvalue weighted by Crippen LogP contribution is -2.54. The van der Waals surface area contributed by atoms with Crippen LogP contribution in [0.15, 0.2) is 83.8 Å². The van der Waals surface area contributed by atoms with Crippen LogP contribution in [-0.2, 0) is 30.8 Å². The summed E-state index contributed by atoms with van der Waals surface area (Å²) in [5.41, 5.74) is 3.04. The van der Waals surface area contributed by atoms with Crippen molar-refractivity contribution in [1.29, 1.82) is 0 Å². The molecule has 256 valence electrons. The second kappa shape index (κ2) is 14.9. The molecule has 1 saturated heterocycles. The van der Waals surface area contributed by atoms with E-state index < -0.39 is 21.6 Å². The maximum atomic E-state index is 13.9. The number of benzene rings is 3. The van der Waals surface area contributed by atoms with E-state index in [0.717, 1.165) is 22.3 Å². The normalized spacial score (nSPS) is 20.3.